The van der Waals surface area contributed by atoms with Crippen molar-refractivity contribution in [3.63, 3.8) is 0 Å². The molecule has 1 heterocycles. The molecule has 3 nitrogen and oxygen atoms in total. The highest BCUT2D eigenvalue weighted by Crippen LogP contribution is 2.29. The van der Waals surface area contributed by atoms with Gasteiger partial charge in [0.2, 0.25) is 0 Å². The molecule has 0 saturated carbocycles. The third kappa shape index (κ3) is 2.01. The summed E-state index contributed by atoms with van der Waals surface area (Å²) in [5, 5.41) is 9.77. The lowest BCUT2D eigenvalue weighted by atomic mass is 10.00. The maximum atomic E-state index is 14.1. The van der Waals surface area contributed by atoms with Crippen molar-refractivity contribution in [2.75, 3.05) is 0 Å². The summed E-state index contributed by atoms with van der Waals surface area (Å²) in [6.45, 7) is 0. The van der Waals surface area contributed by atoms with Crippen molar-refractivity contribution in [1.29, 1.82) is 0 Å². The minimum Gasteiger partial charge on any atom is -0.478 e. The van der Waals surface area contributed by atoms with E-state index in [2.05, 4.69) is 4.98 Å². The Bertz CT molecular complexity index is 809. The first-order valence-electron chi connectivity index (χ1n) is 6.04. The fraction of sp³-hybridized carbons (Fsp3) is 0. The first kappa shape index (κ1) is 12.3. The van der Waals surface area contributed by atoms with Crippen LogP contribution in [-0.4, -0.2) is 16.1 Å². The molecule has 3 rings (SSSR count). The van der Waals surface area contributed by atoms with Gasteiger partial charge in [0, 0.05) is 22.7 Å². The van der Waals surface area contributed by atoms with Crippen LogP contribution in [0.4, 0.5) is 4.39 Å². The van der Waals surface area contributed by atoms with Crippen LogP contribution >= 0.6 is 0 Å². The Morgan fingerprint density at radius 2 is 1.85 bits per heavy atom. The Labute approximate surface area is 114 Å². The molecule has 0 amide bonds. The number of fused-ring (bicyclic) bond motifs is 1. The topological polar surface area (TPSA) is 50.2 Å². The van der Waals surface area contributed by atoms with Gasteiger partial charge in [-0.05, 0) is 18.2 Å². The summed E-state index contributed by atoms with van der Waals surface area (Å²) >= 11 is 0. The zero-order valence-corrected chi connectivity index (χ0v) is 10.4. The van der Waals surface area contributed by atoms with E-state index in [1.807, 2.05) is 24.3 Å². The number of halogens is 1. The fourth-order valence-electron chi connectivity index (χ4n) is 2.19. The number of carbonyl (C=O) groups is 1. The molecule has 0 bridgehead atoms. The molecule has 0 aliphatic carbocycles. The molecule has 4 heteroatoms. The van der Waals surface area contributed by atoms with Gasteiger partial charge in [-0.3, -0.25) is 4.98 Å². The molecule has 3 aromatic rings. The van der Waals surface area contributed by atoms with Gasteiger partial charge < -0.3 is 5.11 Å². The monoisotopic (exact) mass is 267 g/mol. The van der Waals surface area contributed by atoms with Crippen LogP contribution in [0.5, 0.6) is 0 Å². The van der Waals surface area contributed by atoms with Crippen molar-refractivity contribution in [2.24, 2.45) is 0 Å². The number of carboxylic acids is 1. The number of hydrogen-bond acceptors (Lipinski definition) is 2. The summed E-state index contributed by atoms with van der Waals surface area (Å²) in [6, 6.07) is 13.1. The van der Waals surface area contributed by atoms with Crippen LogP contribution < -0.4 is 0 Å². The Balaban J connectivity index is 2.23. The molecule has 1 aromatic heterocycles. The average molecular weight is 267 g/mol. The molecule has 0 spiro atoms. The van der Waals surface area contributed by atoms with E-state index in [0.717, 1.165) is 11.5 Å². The Kier molecular flexibility index (Phi) is 2.91. The number of pyridine rings is 1. The van der Waals surface area contributed by atoms with E-state index >= 15 is 0 Å². The predicted molar refractivity (Wildman–Crippen MR) is 74.1 cm³/mol. The van der Waals surface area contributed by atoms with E-state index in [4.69, 9.17) is 5.11 Å². The van der Waals surface area contributed by atoms with E-state index in [1.165, 1.54) is 12.1 Å². The zero-order chi connectivity index (χ0) is 14.1. The van der Waals surface area contributed by atoms with Gasteiger partial charge in [-0.2, -0.15) is 0 Å². The van der Waals surface area contributed by atoms with Crippen LogP contribution in [0.1, 0.15) is 10.4 Å². The second-order valence-corrected chi connectivity index (χ2v) is 4.38. The van der Waals surface area contributed by atoms with Gasteiger partial charge >= 0.3 is 5.97 Å². The molecule has 0 atom stereocenters. The summed E-state index contributed by atoms with van der Waals surface area (Å²) in [4.78, 5) is 15.1. The first-order valence-corrected chi connectivity index (χ1v) is 6.04. The molecule has 0 fully saturated rings. The van der Waals surface area contributed by atoms with E-state index < -0.39 is 11.8 Å². The smallest absolute Gasteiger partial charge is 0.335 e. The highest BCUT2D eigenvalue weighted by Gasteiger charge is 2.12. The predicted octanol–water partition coefficient (Wildman–Crippen LogP) is 3.74. The van der Waals surface area contributed by atoms with Crippen molar-refractivity contribution in [1.82, 2.24) is 4.98 Å². The number of benzene rings is 2. The maximum Gasteiger partial charge on any atom is 0.335 e. The maximum absolute atomic E-state index is 14.1. The summed E-state index contributed by atoms with van der Waals surface area (Å²) in [5.74, 6) is -1.71. The van der Waals surface area contributed by atoms with Crippen molar-refractivity contribution in [3.8, 4) is 11.1 Å². The summed E-state index contributed by atoms with van der Waals surface area (Å²) < 4.78 is 14.1. The lowest BCUT2D eigenvalue weighted by molar-refractivity contribution is 0.0696. The number of aromatic carboxylic acids is 1. The van der Waals surface area contributed by atoms with Gasteiger partial charge in [-0.15, -0.1) is 0 Å². The molecular formula is C16H10FNO2. The summed E-state index contributed by atoms with van der Waals surface area (Å²) in [6.07, 6.45) is 1.65. The largest absolute Gasteiger partial charge is 0.478 e. The van der Waals surface area contributed by atoms with Crippen molar-refractivity contribution < 1.29 is 14.3 Å². The van der Waals surface area contributed by atoms with Gasteiger partial charge in [-0.1, -0.05) is 30.3 Å². The molecule has 98 valence electrons. The number of nitrogens with zero attached hydrogens (tertiary/aromatic N) is 1. The second kappa shape index (κ2) is 4.74. The van der Waals surface area contributed by atoms with Crippen molar-refractivity contribution >= 4 is 16.9 Å². The van der Waals surface area contributed by atoms with Gasteiger partial charge in [0.1, 0.15) is 5.82 Å². The molecule has 0 saturated heterocycles. The fourth-order valence-corrected chi connectivity index (χ4v) is 2.19. The highest BCUT2D eigenvalue weighted by molar-refractivity contribution is 5.94. The molecule has 0 unspecified atom stereocenters. The number of carboxylic acid groups (broad SMARTS) is 1. The Morgan fingerprint density at radius 1 is 1.05 bits per heavy atom. The van der Waals surface area contributed by atoms with Crippen LogP contribution in [0.15, 0.2) is 54.7 Å². The number of aromatic nitrogens is 1. The molecule has 0 radical (unpaired) electrons. The standard InChI is InChI=1S/C16H10FNO2/c17-14-9-11(16(19)20)6-7-12(14)13-5-1-3-10-4-2-8-18-15(10)13/h1-9H,(H,19,20). The van der Waals surface area contributed by atoms with E-state index in [-0.39, 0.29) is 5.56 Å². The van der Waals surface area contributed by atoms with Gasteiger partial charge in [0.15, 0.2) is 0 Å². The normalized spacial score (nSPS) is 10.7. The molecular weight excluding hydrogens is 257 g/mol. The molecule has 20 heavy (non-hydrogen) atoms. The van der Waals surface area contributed by atoms with Crippen LogP contribution in [0, 0.1) is 5.82 Å². The third-order valence-electron chi connectivity index (χ3n) is 3.14. The average Bonchev–Trinajstić information content (AvgIpc) is 2.46. The van der Waals surface area contributed by atoms with Crippen molar-refractivity contribution in [2.45, 2.75) is 0 Å². The molecule has 1 N–H and O–H groups in total. The third-order valence-corrected chi connectivity index (χ3v) is 3.14. The van der Waals surface area contributed by atoms with E-state index in [0.29, 0.717) is 16.6 Å². The Morgan fingerprint density at radius 3 is 2.60 bits per heavy atom. The number of hydrogen-bond donors (Lipinski definition) is 1. The lowest BCUT2D eigenvalue weighted by Gasteiger charge is -2.07. The van der Waals surface area contributed by atoms with Gasteiger partial charge in [-0.25, -0.2) is 9.18 Å². The first-order chi connectivity index (χ1) is 9.66. The lowest BCUT2D eigenvalue weighted by Crippen LogP contribution is -1.98. The zero-order valence-electron chi connectivity index (χ0n) is 10.4. The van der Waals surface area contributed by atoms with E-state index in [9.17, 15) is 9.18 Å². The van der Waals surface area contributed by atoms with Gasteiger partial charge in [0.25, 0.3) is 0 Å². The number of rotatable bonds is 2. The quantitative estimate of drug-likeness (QED) is 0.769. The van der Waals surface area contributed by atoms with Crippen LogP contribution in [0.2, 0.25) is 0 Å². The molecule has 0 aliphatic rings. The van der Waals surface area contributed by atoms with Crippen molar-refractivity contribution in [3.05, 3.63) is 66.1 Å². The summed E-state index contributed by atoms with van der Waals surface area (Å²) in [5.41, 5.74) is 1.62. The molecule has 0 aliphatic heterocycles. The van der Waals surface area contributed by atoms with Crippen LogP contribution in [-0.2, 0) is 0 Å². The minimum absolute atomic E-state index is 0.0700. The number of para-hydroxylation sites is 1. The molecule has 2 aromatic carbocycles. The van der Waals surface area contributed by atoms with Crippen LogP contribution in [0.3, 0.4) is 0 Å². The second-order valence-electron chi connectivity index (χ2n) is 4.38. The van der Waals surface area contributed by atoms with E-state index in [1.54, 1.807) is 12.3 Å². The summed E-state index contributed by atoms with van der Waals surface area (Å²) in [7, 11) is 0. The van der Waals surface area contributed by atoms with Crippen LogP contribution in [0.25, 0.3) is 22.0 Å². The Hall–Kier alpha value is -2.75. The minimum atomic E-state index is -1.15. The highest BCUT2D eigenvalue weighted by atomic mass is 19.1. The van der Waals surface area contributed by atoms with Gasteiger partial charge in [0.05, 0.1) is 11.1 Å². The SMILES string of the molecule is O=C(O)c1ccc(-c2cccc3cccnc23)c(F)c1.